The van der Waals surface area contributed by atoms with Gasteiger partial charge in [0.25, 0.3) is 0 Å². The van der Waals surface area contributed by atoms with Crippen LogP contribution in [0.2, 0.25) is 0 Å². The smallest absolute Gasteiger partial charge is 0.230 e. The van der Waals surface area contributed by atoms with E-state index in [0.29, 0.717) is 11.8 Å². The maximum absolute atomic E-state index is 13.1. The lowest BCUT2D eigenvalue weighted by Gasteiger charge is -2.45. The largest absolute Gasteiger partial charge is 0.381 e. The third-order valence-electron chi connectivity index (χ3n) is 6.57. The Hall–Kier alpha value is -1.39. The summed E-state index contributed by atoms with van der Waals surface area (Å²) in [6.45, 7) is 8.21. The molecule has 0 aliphatic carbocycles. The Morgan fingerprint density at radius 1 is 1.20 bits per heavy atom. The fourth-order valence-electron chi connectivity index (χ4n) is 5.15. The number of carbonyl (C=O) groups excluding carboxylic acids is 1. The Morgan fingerprint density at radius 3 is 2.60 bits per heavy atom. The second kappa shape index (κ2) is 7.08. The minimum atomic E-state index is 0.0518. The molecule has 0 saturated carbocycles. The molecule has 4 nitrogen and oxygen atoms in total. The predicted molar refractivity (Wildman–Crippen MR) is 98.5 cm³/mol. The summed E-state index contributed by atoms with van der Waals surface area (Å²) in [5, 5.41) is 0. The SMILES string of the molecule is CCN1C(=O)C(c2ccccc2)CC12CCN(CC1CCOC1)CC2. The molecule has 3 saturated heterocycles. The summed E-state index contributed by atoms with van der Waals surface area (Å²) in [6, 6.07) is 10.4. The zero-order valence-corrected chi connectivity index (χ0v) is 15.3. The van der Waals surface area contributed by atoms with E-state index in [1.807, 2.05) is 6.07 Å². The number of amides is 1. The normalized spacial score (nSPS) is 29.6. The second-order valence-corrected chi connectivity index (χ2v) is 8.00. The first-order valence-electron chi connectivity index (χ1n) is 9.88. The Kier molecular flexibility index (Phi) is 4.83. The van der Waals surface area contributed by atoms with Crippen LogP contribution in [0.4, 0.5) is 0 Å². The molecule has 3 aliphatic heterocycles. The van der Waals surface area contributed by atoms with Crippen molar-refractivity contribution in [2.45, 2.75) is 44.1 Å². The molecule has 4 heteroatoms. The first-order valence-corrected chi connectivity index (χ1v) is 9.88. The first-order chi connectivity index (χ1) is 12.2. The standard InChI is InChI=1S/C21H30N2O2/c1-2-23-20(24)19(18-6-4-3-5-7-18)14-21(23)9-11-22(12-10-21)15-17-8-13-25-16-17/h3-7,17,19H,2,8-16H2,1H3. The van der Waals surface area contributed by atoms with Crippen LogP contribution in [0.3, 0.4) is 0 Å². The zero-order valence-electron chi connectivity index (χ0n) is 15.3. The van der Waals surface area contributed by atoms with E-state index in [1.54, 1.807) is 0 Å². The molecular weight excluding hydrogens is 312 g/mol. The number of piperidine rings is 1. The van der Waals surface area contributed by atoms with Crippen LogP contribution < -0.4 is 0 Å². The van der Waals surface area contributed by atoms with Gasteiger partial charge in [0.05, 0.1) is 12.5 Å². The average Bonchev–Trinajstić information content (AvgIpc) is 3.24. The van der Waals surface area contributed by atoms with Crippen LogP contribution in [-0.2, 0) is 9.53 Å². The minimum Gasteiger partial charge on any atom is -0.381 e. The molecule has 1 amide bonds. The summed E-state index contributed by atoms with van der Waals surface area (Å²) in [5.41, 5.74) is 1.27. The fraction of sp³-hybridized carbons (Fsp3) is 0.667. The van der Waals surface area contributed by atoms with Crippen molar-refractivity contribution in [3.63, 3.8) is 0 Å². The van der Waals surface area contributed by atoms with Gasteiger partial charge in [-0.05, 0) is 44.1 Å². The summed E-state index contributed by atoms with van der Waals surface area (Å²) in [4.78, 5) is 17.9. The number of likely N-dealkylation sites (N-methyl/N-ethyl adjacent to an activating group) is 1. The van der Waals surface area contributed by atoms with Gasteiger partial charge in [0.2, 0.25) is 5.91 Å². The molecule has 0 bridgehead atoms. The first kappa shape index (κ1) is 17.0. The summed E-state index contributed by atoms with van der Waals surface area (Å²) in [5.74, 6) is 1.10. The van der Waals surface area contributed by atoms with Crippen molar-refractivity contribution in [2.75, 3.05) is 39.4 Å². The highest BCUT2D eigenvalue weighted by molar-refractivity contribution is 5.87. The van der Waals surface area contributed by atoms with Gasteiger partial charge in [-0.1, -0.05) is 30.3 Å². The van der Waals surface area contributed by atoms with Gasteiger partial charge in [-0.3, -0.25) is 4.79 Å². The molecule has 2 unspecified atom stereocenters. The van der Waals surface area contributed by atoms with Crippen molar-refractivity contribution in [3.8, 4) is 0 Å². The Labute approximate surface area is 151 Å². The minimum absolute atomic E-state index is 0.0518. The molecule has 1 aromatic rings. The maximum atomic E-state index is 13.1. The summed E-state index contributed by atoms with van der Waals surface area (Å²) in [6.07, 6.45) is 4.42. The van der Waals surface area contributed by atoms with Crippen LogP contribution in [0.25, 0.3) is 0 Å². The highest BCUT2D eigenvalue weighted by Crippen LogP contribution is 2.45. The van der Waals surface area contributed by atoms with E-state index in [4.69, 9.17) is 4.74 Å². The zero-order chi connectivity index (χ0) is 17.3. The van der Waals surface area contributed by atoms with Crippen molar-refractivity contribution in [1.29, 1.82) is 0 Å². The number of hydrogen-bond donors (Lipinski definition) is 0. The van der Waals surface area contributed by atoms with E-state index >= 15 is 0 Å². The van der Waals surface area contributed by atoms with Crippen molar-refractivity contribution in [1.82, 2.24) is 9.80 Å². The maximum Gasteiger partial charge on any atom is 0.230 e. The highest BCUT2D eigenvalue weighted by atomic mass is 16.5. The van der Waals surface area contributed by atoms with E-state index in [0.717, 1.165) is 58.7 Å². The van der Waals surface area contributed by atoms with Crippen LogP contribution in [0.1, 0.15) is 44.1 Å². The lowest BCUT2D eigenvalue weighted by Crippen LogP contribution is -2.53. The Bertz CT molecular complexity index is 589. The highest BCUT2D eigenvalue weighted by Gasteiger charge is 2.51. The number of carbonyl (C=O) groups is 1. The quantitative estimate of drug-likeness (QED) is 0.843. The molecule has 0 aromatic heterocycles. The molecule has 3 heterocycles. The molecule has 2 atom stereocenters. The number of likely N-dealkylation sites (tertiary alicyclic amines) is 2. The fourth-order valence-corrected chi connectivity index (χ4v) is 5.15. The van der Waals surface area contributed by atoms with Crippen LogP contribution in [-0.4, -0.2) is 60.6 Å². The molecule has 4 rings (SSSR count). The Morgan fingerprint density at radius 2 is 1.96 bits per heavy atom. The van der Waals surface area contributed by atoms with Crippen LogP contribution >= 0.6 is 0 Å². The van der Waals surface area contributed by atoms with E-state index in [9.17, 15) is 4.79 Å². The molecule has 3 aliphatic rings. The monoisotopic (exact) mass is 342 g/mol. The Balaban J connectivity index is 1.45. The number of rotatable bonds is 4. The lowest BCUT2D eigenvalue weighted by molar-refractivity contribution is -0.133. The van der Waals surface area contributed by atoms with Gasteiger partial charge in [0, 0.05) is 38.3 Å². The van der Waals surface area contributed by atoms with E-state index in [1.165, 1.54) is 12.0 Å². The molecule has 0 N–H and O–H groups in total. The number of ether oxygens (including phenoxy) is 1. The molecule has 25 heavy (non-hydrogen) atoms. The third-order valence-corrected chi connectivity index (χ3v) is 6.57. The number of nitrogens with zero attached hydrogens (tertiary/aromatic N) is 2. The molecule has 136 valence electrons. The molecule has 0 radical (unpaired) electrons. The predicted octanol–water partition coefficient (Wildman–Crippen LogP) is 2.89. The second-order valence-electron chi connectivity index (χ2n) is 8.00. The molecule has 1 spiro atoms. The van der Waals surface area contributed by atoms with Crippen LogP contribution in [0, 0.1) is 5.92 Å². The van der Waals surface area contributed by atoms with Crippen LogP contribution in [0.5, 0.6) is 0 Å². The van der Waals surface area contributed by atoms with Gasteiger partial charge < -0.3 is 14.5 Å². The topological polar surface area (TPSA) is 32.8 Å². The van der Waals surface area contributed by atoms with Crippen molar-refractivity contribution < 1.29 is 9.53 Å². The summed E-state index contributed by atoms with van der Waals surface area (Å²) < 4.78 is 5.52. The molecule has 3 fully saturated rings. The van der Waals surface area contributed by atoms with E-state index in [-0.39, 0.29) is 11.5 Å². The van der Waals surface area contributed by atoms with Crippen molar-refractivity contribution in [2.24, 2.45) is 5.92 Å². The lowest BCUT2D eigenvalue weighted by atomic mass is 9.81. The van der Waals surface area contributed by atoms with E-state index in [2.05, 4.69) is 41.0 Å². The molecule has 1 aromatic carbocycles. The third kappa shape index (κ3) is 3.22. The molecular formula is C21H30N2O2. The van der Waals surface area contributed by atoms with Crippen LogP contribution in [0.15, 0.2) is 30.3 Å². The van der Waals surface area contributed by atoms with E-state index < -0.39 is 0 Å². The number of hydrogen-bond acceptors (Lipinski definition) is 3. The van der Waals surface area contributed by atoms with Gasteiger partial charge in [0.1, 0.15) is 0 Å². The van der Waals surface area contributed by atoms with Gasteiger partial charge in [-0.15, -0.1) is 0 Å². The van der Waals surface area contributed by atoms with Gasteiger partial charge in [-0.2, -0.15) is 0 Å². The van der Waals surface area contributed by atoms with Gasteiger partial charge >= 0.3 is 0 Å². The van der Waals surface area contributed by atoms with Crippen molar-refractivity contribution in [3.05, 3.63) is 35.9 Å². The van der Waals surface area contributed by atoms with Crippen molar-refractivity contribution >= 4 is 5.91 Å². The van der Waals surface area contributed by atoms with Gasteiger partial charge in [0.15, 0.2) is 0 Å². The number of benzene rings is 1. The van der Waals surface area contributed by atoms with Gasteiger partial charge in [-0.25, -0.2) is 0 Å². The summed E-state index contributed by atoms with van der Waals surface area (Å²) in [7, 11) is 0. The summed E-state index contributed by atoms with van der Waals surface area (Å²) >= 11 is 0. The average molecular weight is 342 g/mol.